The topological polar surface area (TPSA) is 74.5 Å². The lowest BCUT2D eigenvalue weighted by Crippen LogP contribution is -2.41. The van der Waals surface area contributed by atoms with Gasteiger partial charge in [-0.25, -0.2) is 0 Å². The summed E-state index contributed by atoms with van der Waals surface area (Å²) < 4.78 is 1.91. The lowest BCUT2D eigenvalue weighted by molar-refractivity contribution is -0.131. The molecule has 0 bridgehead atoms. The molecular formula is C19H29IN6OS. The Morgan fingerprint density at radius 2 is 2.29 bits per heavy atom. The molecule has 0 spiro atoms. The minimum atomic E-state index is 0. The predicted molar refractivity (Wildman–Crippen MR) is 124 cm³/mol. The van der Waals surface area contributed by atoms with Gasteiger partial charge in [0.1, 0.15) is 0 Å². The second-order valence-corrected chi connectivity index (χ2v) is 7.50. The number of aliphatic imine (C=N–C) groups is 1. The standard InChI is InChI=1S/C19H28N6OS.HI/c1-2-20-19(21-8-3-11-25-12-4-9-23-25)22-10-5-18(26)24-13-6-17-16(15-24)7-14-27-17;/h4,7,9,12,14H,2-3,5-6,8,10-11,13,15H2,1H3,(H2,20,21,22);1H. The summed E-state index contributed by atoms with van der Waals surface area (Å²) in [6.07, 6.45) is 6.13. The molecule has 9 heteroatoms. The van der Waals surface area contributed by atoms with Crippen LogP contribution in [0, 0.1) is 0 Å². The Morgan fingerprint density at radius 3 is 3.07 bits per heavy atom. The van der Waals surface area contributed by atoms with Crippen LogP contribution in [0.5, 0.6) is 0 Å². The maximum atomic E-state index is 12.5. The first-order chi connectivity index (χ1) is 13.3. The fourth-order valence-electron chi connectivity index (χ4n) is 3.11. The third-order valence-corrected chi connectivity index (χ3v) is 5.53. The van der Waals surface area contributed by atoms with Gasteiger partial charge in [-0.3, -0.25) is 14.5 Å². The lowest BCUT2D eigenvalue weighted by Gasteiger charge is -2.27. The van der Waals surface area contributed by atoms with Gasteiger partial charge in [-0.1, -0.05) is 0 Å². The molecule has 28 heavy (non-hydrogen) atoms. The van der Waals surface area contributed by atoms with Crippen LogP contribution in [0.15, 0.2) is 34.9 Å². The fourth-order valence-corrected chi connectivity index (χ4v) is 4.00. The molecule has 0 atom stereocenters. The number of hydrogen-bond acceptors (Lipinski definition) is 4. The summed E-state index contributed by atoms with van der Waals surface area (Å²) in [5, 5.41) is 12.8. The Hall–Kier alpha value is -1.62. The predicted octanol–water partition coefficient (Wildman–Crippen LogP) is 2.48. The van der Waals surface area contributed by atoms with Gasteiger partial charge in [-0.2, -0.15) is 5.10 Å². The molecule has 0 saturated carbocycles. The second kappa shape index (κ2) is 12.1. The minimum Gasteiger partial charge on any atom is -0.357 e. The number of nitrogens with one attached hydrogen (secondary N) is 2. The van der Waals surface area contributed by atoms with Crippen LogP contribution in [-0.4, -0.2) is 52.7 Å². The van der Waals surface area contributed by atoms with Crippen LogP contribution in [0.3, 0.4) is 0 Å². The van der Waals surface area contributed by atoms with E-state index in [2.05, 4.69) is 32.2 Å². The number of nitrogens with zero attached hydrogens (tertiary/aromatic N) is 4. The van der Waals surface area contributed by atoms with Crippen molar-refractivity contribution < 1.29 is 4.79 Å². The maximum absolute atomic E-state index is 12.5. The average molecular weight is 516 g/mol. The van der Waals surface area contributed by atoms with Crippen molar-refractivity contribution in [2.45, 2.75) is 39.3 Å². The zero-order chi connectivity index (χ0) is 18.9. The normalized spacial score (nSPS) is 13.6. The number of rotatable bonds is 8. The Balaban J connectivity index is 0.00000280. The van der Waals surface area contributed by atoms with Crippen molar-refractivity contribution in [2.75, 3.05) is 26.2 Å². The van der Waals surface area contributed by atoms with Crippen LogP contribution < -0.4 is 10.6 Å². The van der Waals surface area contributed by atoms with E-state index in [0.29, 0.717) is 13.0 Å². The summed E-state index contributed by atoms with van der Waals surface area (Å²) in [5.41, 5.74) is 1.31. The first-order valence-corrected chi connectivity index (χ1v) is 10.5. The summed E-state index contributed by atoms with van der Waals surface area (Å²) in [6, 6.07) is 4.06. The van der Waals surface area contributed by atoms with Gasteiger partial charge in [0.15, 0.2) is 5.96 Å². The molecule has 3 heterocycles. The summed E-state index contributed by atoms with van der Waals surface area (Å²) in [5.74, 6) is 0.971. The van der Waals surface area contributed by atoms with Crippen molar-refractivity contribution in [3.63, 3.8) is 0 Å². The van der Waals surface area contributed by atoms with Crippen LogP contribution in [0.1, 0.15) is 30.2 Å². The summed E-state index contributed by atoms with van der Waals surface area (Å²) in [4.78, 5) is 20.4. The highest BCUT2D eigenvalue weighted by atomic mass is 127. The zero-order valence-electron chi connectivity index (χ0n) is 16.3. The van der Waals surface area contributed by atoms with Crippen LogP contribution in [0.25, 0.3) is 0 Å². The van der Waals surface area contributed by atoms with E-state index in [1.165, 1.54) is 10.4 Å². The Kier molecular flexibility index (Phi) is 9.76. The summed E-state index contributed by atoms with van der Waals surface area (Å²) >= 11 is 1.80. The number of aromatic nitrogens is 2. The highest BCUT2D eigenvalue weighted by molar-refractivity contribution is 14.0. The monoisotopic (exact) mass is 516 g/mol. The van der Waals surface area contributed by atoms with Crippen LogP contribution in [0.2, 0.25) is 0 Å². The van der Waals surface area contributed by atoms with Gasteiger partial charge < -0.3 is 15.5 Å². The van der Waals surface area contributed by atoms with Crippen molar-refractivity contribution >= 4 is 47.2 Å². The van der Waals surface area contributed by atoms with Crippen LogP contribution >= 0.6 is 35.3 Å². The lowest BCUT2D eigenvalue weighted by atomic mass is 10.1. The third kappa shape index (κ3) is 6.77. The van der Waals surface area contributed by atoms with Gasteiger partial charge in [0, 0.05) is 63.0 Å². The molecule has 1 aliphatic rings. The highest BCUT2D eigenvalue weighted by Crippen LogP contribution is 2.24. The fraction of sp³-hybridized carbons (Fsp3) is 0.526. The molecule has 0 unspecified atom stereocenters. The Labute approximate surface area is 187 Å². The van der Waals surface area contributed by atoms with Gasteiger partial charge >= 0.3 is 0 Å². The minimum absolute atomic E-state index is 0. The van der Waals surface area contributed by atoms with Crippen molar-refractivity contribution in [1.82, 2.24) is 25.3 Å². The number of halogens is 1. The van der Waals surface area contributed by atoms with Gasteiger partial charge in [0.05, 0.1) is 0 Å². The first kappa shape index (κ1) is 22.7. The maximum Gasteiger partial charge on any atom is 0.224 e. The molecule has 2 aromatic heterocycles. The van der Waals surface area contributed by atoms with Crippen LogP contribution in [0.4, 0.5) is 0 Å². The van der Waals surface area contributed by atoms with E-state index in [1.807, 2.05) is 28.8 Å². The number of carbonyl (C=O) groups excluding carboxylic acids is 1. The van der Waals surface area contributed by atoms with E-state index >= 15 is 0 Å². The number of hydrogen-bond donors (Lipinski definition) is 2. The molecule has 0 aliphatic carbocycles. The summed E-state index contributed by atoms with van der Waals surface area (Å²) in [6.45, 7) is 6.58. The second-order valence-electron chi connectivity index (χ2n) is 6.49. The van der Waals surface area contributed by atoms with Crippen molar-refractivity contribution in [3.05, 3.63) is 40.3 Å². The molecule has 2 N–H and O–H groups in total. The molecular weight excluding hydrogens is 487 g/mol. The van der Waals surface area contributed by atoms with Crippen molar-refractivity contribution in [3.8, 4) is 0 Å². The van der Waals surface area contributed by atoms with Crippen molar-refractivity contribution in [1.29, 1.82) is 0 Å². The smallest absolute Gasteiger partial charge is 0.224 e. The number of guanidine groups is 1. The Morgan fingerprint density at radius 1 is 1.39 bits per heavy atom. The van der Waals surface area contributed by atoms with Gasteiger partial charge in [-0.15, -0.1) is 35.3 Å². The number of fused-ring (bicyclic) bond motifs is 1. The molecule has 2 aromatic rings. The third-order valence-electron chi connectivity index (χ3n) is 4.51. The van der Waals surface area contributed by atoms with Gasteiger partial charge in [0.25, 0.3) is 0 Å². The number of carbonyl (C=O) groups is 1. The first-order valence-electron chi connectivity index (χ1n) is 9.59. The van der Waals surface area contributed by atoms with Crippen LogP contribution in [-0.2, 0) is 24.3 Å². The molecule has 0 aromatic carbocycles. The molecule has 3 rings (SSSR count). The molecule has 154 valence electrons. The number of amides is 1. The average Bonchev–Trinajstić information content (AvgIpc) is 3.35. The number of aryl methyl sites for hydroxylation is 1. The zero-order valence-corrected chi connectivity index (χ0v) is 19.4. The van der Waals surface area contributed by atoms with E-state index < -0.39 is 0 Å². The van der Waals surface area contributed by atoms with E-state index in [9.17, 15) is 4.79 Å². The van der Waals surface area contributed by atoms with E-state index in [0.717, 1.165) is 51.5 Å². The van der Waals surface area contributed by atoms with E-state index in [-0.39, 0.29) is 29.9 Å². The quantitative estimate of drug-likeness (QED) is 0.245. The molecule has 0 fully saturated rings. The highest BCUT2D eigenvalue weighted by Gasteiger charge is 2.20. The number of thiophene rings is 1. The molecule has 0 radical (unpaired) electrons. The van der Waals surface area contributed by atoms with Gasteiger partial charge in [-0.05, 0) is 42.8 Å². The van der Waals surface area contributed by atoms with E-state index in [4.69, 9.17) is 0 Å². The van der Waals surface area contributed by atoms with E-state index in [1.54, 1.807) is 17.5 Å². The largest absolute Gasteiger partial charge is 0.357 e. The molecule has 1 amide bonds. The SMILES string of the molecule is CCNC(=NCCCn1cccn1)NCCC(=O)N1CCc2sccc2C1.I. The summed E-state index contributed by atoms with van der Waals surface area (Å²) in [7, 11) is 0. The molecule has 7 nitrogen and oxygen atoms in total. The Bertz CT molecular complexity index is 745. The van der Waals surface area contributed by atoms with Crippen molar-refractivity contribution in [2.24, 2.45) is 4.99 Å². The molecule has 0 saturated heterocycles. The van der Waals surface area contributed by atoms with Gasteiger partial charge in [0.2, 0.25) is 5.91 Å². The molecule has 1 aliphatic heterocycles.